The van der Waals surface area contributed by atoms with E-state index in [1.807, 2.05) is 6.20 Å². The Morgan fingerprint density at radius 3 is 2.86 bits per heavy atom. The molecule has 0 radical (unpaired) electrons. The molecule has 2 N–H and O–H groups in total. The summed E-state index contributed by atoms with van der Waals surface area (Å²) in [4.78, 5) is 4.39. The van der Waals surface area contributed by atoms with Crippen LogP contribution in [0.15, 0.2) is 11.6 Å². The molecular weight excluding hydrogens is 212 g/mol. The van der Waals surface area contributed by atoms with Gasteiger partial charge in [0.1, 0.15) is 0 Å². The fraction of sp³-hybridized carbons (Fsp3) is 0.700. The van der Waals surface area contributed by atoms with E-state index in [9.17, 15) is 0 Å². The summed E-state index contributed by atoms with van der Waals surface area (Å²) in [6.07, 6.45) is 4.51. The van der Waals surface area contributed by atoms with Gasteiger partial charge in [-0.2, -0.15) is 11.8 Å². The van der Waals surface area contributed by atoms with Gasteiger partial charge in [0.2, 0.25) is 0 Å². The molecule has 1 unspecified atom stereocenters. The Labute approximate surface area is 93.3 Å². The molecule has 2 rings (SSSR count). The molecular formula is C10H16N2S2. The molecule has 1 aliphatic rings. The normalized spacial score (nSPS) is 20.9. The van der Waals surface area contributed by atoms with Gasteiger partial charge in [-0.1, -0.05) is 0 Å². The van der Waals surface area contributed by atoms with Crippen LogP contribution in [-0.4, -0.2) is 23.0 Å². The average Bonchev–Trinajstić information content (AvgIpc) is 2.74. The van der Waals surface area contributed by atoms with Crippen LogP contribution in [0.4, 0.5) is 0 Å². The van der Waals surface area contributed by atoms with Crippen LogP contribution in [0, 0.1) is 5.92 Å². The molecule has 1 aromatic rings. The lowest BCUT2D eigenvalue weighted by atomic mass is 9.88. The zero-order valence-corrected chi connectivity index (χ0v) is 9.82. The van der Waals surface area contributed by atoms with Crippen LogP contribution in [0.25, 0.3) is 0 Å². The predicted octanol–water partition coefficient (Wildman–Crippen LogP) is 2.33. The van der Waals surface area contributed by atoms with Crippen LogP contribution in [0.3, 0.4) is 0 Å². The van der Waals surface area contributed by atoms with Crippen LogP contribution < -0.4 is 5.73 Å². The van der Waals surface area contributed by atoms with Crippen molar-refractivity contribution in [1.82, 2.24) is 4.98 Å². The first-order valence-electron chi connectivity index (χ1n) is 5.09. The molecule has 1 fully saturated rings. The van der Waals surface area contributed by atoms with Crippen molar-refractivity contribution < 1.29 is 0 Å². The Morgan fingerprint density at radius 1 is 1.50 bits per heavy atom. The van der Waals surface area contributed by atoms with E-state index in [2.05, 4.69) is 22.1 Å². The van der Waals surface area contributed by atoms with Gasteiger partial charge < -0.3 is 5.73 Å². The van der Waals surface area contributed by atoms with Crippen molar-refractivity contribution in [3.63, 3.8) is 0 Å². The fourth-order valence-corrected chi connectivity index (χ4v) is 4.02. The van der Waals surface area contributed by atoms with Gasteiger partial charge in [-0.05, 0) is 30.3 Å². The van der Waals surface area contributed by atoms with Gasteiger partial charge in [-0.15, -0.1) is 11.3 Å². The smallest absolute Gasteiger partial charge is 0.0971 e. The maximum Gasteiger partial charge on any atom is 0.0971 e. The molecule has 1 aliphatic heterocycles. The van der Waals surface area contributed by atoms with E-state index >= 15 is 0 Å². The average molecular weight is 228 g/mol. The summed E-state index contributed by atoms with van der Waals surface area (Å²) in [6, 6.07) is 0. The largest absolute Gasteiger partial charge is 0.330 e. The summed E-state index contributed by atoms with van der Waals surface area (Å²) >= 11 is 3.82. The molecule has 14 heavy (non-hydrogen) atoms. The van der Waals surface area contributed by atoms with Crippen molar-refractivity contribution in [1.29, 1.82) is 0 Å². The van der Waals surface area contributed by atoms with Crippen molar-refractivity contribution in [3.8, 4) is 0 Å². The minimum absolute atomic E-state index is 0.510. The van der Waals surface area contributed by atoms with Crippen LogP contribution in [0.1, 0.15) is 23.8 Å². The predicted molar refractivity (Wildman–Crippen MR) is 64.0 cm³/mol. The molecule has 0 spiro atoms. The summed E-state index contributed by atoms with van der Waals surface area (Å²) in [7, 11) is 0. The third-order valence-corrected chi connectivity index (χ3v) is 4.81. The highest BCUT2D eigenvalue weighted by molar-refractivity contribution is 7.99. The van der Waals surface area contributed by atoms with E-state index in [0.29, 0.717) is 5.92 Å². The topological polar surface area (TPSA) is 38.9 Å². The Kier molecular flexibility index (Phi) is 3.84. The number of aromatic nitrogens is 1. The Hall–Kier alpha value is -0.0600. The summed E-state index contributed by atoms with van der Waals surface area (Å²) in [5, 5.41) is 3.29. The van der Waals surface area contributed by atoms with E-state index in [-0.39, 0.29) is 0 Å². The van der Waals surface area contributed by atoms with Crippen molar-refractivity contribution in [3.05, 3.63) is 16.6 Å². The van der Waals surface area contributed by atoms with Crippen molar-refractivity contribution >= 4 is 23.1 Å². The minimum Gasteiger partial charge on any atom is -0.330 e. The number of thiazole rings is 1. The first kappa shape index (κ1) is 10.5. The van der Waals surface area contributed by atoms with Gasteiger partial charge >= 0.3 is 0 Å². The summed E-state index contributed by atoms with van der Waals surface area (Å²) in [6.45, 7) is 0.753. The van der Waals surface area contributed by atoms with Crippen LogP contribution in [0.2, 0.25) is 0 Å². The molecule has 2 nitrogen and oxygen atoms in total. The van der Waals surface area contributed by atoms with E-state index < -0.39 is 0 Å². The third-order valence-electron chi connectivity index (χ3n) is 2.86. The molecule has 2 heterocycles. The monoisotopic (exact) mass is 228 g/mol. The van der Waals surface area contributed by atoms with Crippen LogP contribution in [0.5, 0.6) is 0 Å². The Bertz CT molecular complexity index is 255. The molecule has 1 saturated heterocycles. The minimum atomic E-state index is 0.510. The molecule has 1 aromatic heterocycles. The third kappa shape index (κ3) is 2.30. The SMILES string of the molecule is NCC(c1nccs1)C1CCSCC1. The maximum absolute atomic E-state index is 5.85. The van der Waals surface area contributed by atoms with E-state index in [4.69, 9.17) is 5.73 Å². The lowest BCUT2D eigenvalue weighted by Gasteiger charge is -2.27. The number of hydrogen-bond acceptors (Lipinski definition) is 4. The lowest BCUT2D eigenvalue weighted by Crippen LogP contribution is -2.24. The Morgan fingerprint density at radius 2 is 2.29 bits per heavy atom. The molecule has 1 atom stereocenters. The van der Waals surface area contributed by atoms with Crippen molar-refractivity contribution in [2.45, 2.75) is 18.8 Å². The van der Waals surface area contributed by atoms with Gasteiger partial charge in [-0.25, -0.2) is 4.98 Å². The number of nitrogens with two attached hydrogens (primary N) is 1. The lowest BCUT2D eigenvalue weighted by molar-refractivity contribution is 0.400. The van der Waals surface area contributed by atoms with Crippen molar-refractivity contribution in [2.75, 3.05) is 18.1 Å². The summed E-state index contributed by atoms with van der Waals surface area (Å²) in [5.74, 6) is 3.88. The standard InChI is InChI=1S/C10H16N2S2/c11-7-9(10-12-3-6-14-10)8-1-4-13-5-2-8/h3,6,8-9H,1-2,4-5,7,11H2. The van der Waals surface area contributed by atoms with Crippen molar-refractivity contribution in [2.24, 2.45) is 11.7 Å². The maximum atomic E-state index is 5.85. The van der Waals surface area contributed by atoms with Gasteiger partial charge in [0.05, 0.1) is 5.01 Å². The molecule has 0 bridgehead atoms. The second-order valence-electron chi connectivity index (χ2n) is 3.66. The highest BCUT2D eigenvalue weighted by Gasteiger charge is 2.25. The van der Waals surface area contributed by atoms with E-state index in [1.165, 1.54) is 29.4 Å². The first-order chi connectivity index (χ1) is 6.92. The summed E-state index contributed by atoms with van der Waals surface area (Å²) in [5.41, 5.74) is 5.85. The van der Waals surface area contributed by atoms with E-state index in [0.717, 1.165) is 12.5 Å². The summed E-state index contributed by atoms with van der Waals surface area (Å²) < 4.78 is 0. The highest BCUT2D eigenvalue weighted by atomic mass is 32.2. The van der Waals surface area contributed by atoms with Gasteiger partial charge in [-0.3, -0.25) is 0 Å². The van der Waals surface area contributed by atoms with E-state index in [1.54, 1.807) is 11.3 Å². The fourth-order valence-electron chi connectivity index (χ4n) is 2.03. The van der Waals surface area contributed by atoms with Gasteiger partial charge in [0.25, 0.3) is 0 Å². The van der Waals surface area contributed by atoms with Gasteiger partial charge in [0.15, 0.2) is 0 Å². The number of thioether (sulfide) groups is 1. The zero-order valence-electron chi connectivity index (χ0n) is 8.19. The second kappa shape index (κ2) is 5.14. The number of hydrogen-bond donors (Lipinski definition) is 1. The molecule has 0 saturated carbocycles. The number of rotatable bonds is 3. The van der Waals surface area contributed by atoms with Crippen LogP contribution in [-0.2, 0) is 0 Å². The molecule has 4 heteroatoms. The molecule has 0 aliphatic carbocycles. The van der Waals surface area contributed by atoms with Crippen LogP contribution >= 0.6 is 23.1 Å². The zero-order chi connectivity index (χ0) is 9.80. The highest BCUT2D eigenvalue weighted by Crippen LogP contribution is 2.35. The molecule has 0 amide bonds. The quantitative estimate of drug-likeness (QED) is 0.863. The van der Waals surface area contributed by atoms with Gasteiger partial charge in [0, 0.05) is 24.0 Å². The molecule has 78 valence electrons. The second-order valence-corrected chi connectivity index (χ2v) is 5.81. The Balaban J connectivity index is 2.04. The molecule has 0 aromatic carbocycles. The first-order valence-corrected chi connectivity index (χ1v) is 7.12. The number of nitrogens with zero attached hydrogens (tertiary/aromatic N) is 1.